The average molecular weight is 177 g/mol. The molecule has 0 aliphatic heterocycles. The fraction of sp³-hybridized carbons (Fsp3) is 0.333. The summed E-state index contributed by atoms with van der Waals surface area (Å²) in [6, 6.07) is 0. The minimum absolute atomic E-state index is 0.256. The van der Waals surface area contributed by atoms with Crippen LogP contribution in [0.15, 0.2) is 6.33 Å². The van der Waals surface area contributed by atoms with Crippen molar-refractivity contribution < 1.29 is 9.53 Å². The Morgan fingerprint density at radius 1 is 1.73 bits per heavy atom. The number of hydrogen-bond donors (Lipinski definition) is 1. The molecule has 5 heteroatoms. The van der Waals surface area contributed by atoms with E-state index in [0.717, 1.165) is 0 Å². The molecule has 0 aromatic carbocycles. The van der Waals surface area contributed by atoms with Crippen LogP contribution in [0.4, 0.5) is 0 Å². The summed E-state index contributed by atoms with van der Waals surface area (Å²) in [5.74, 6) is 0. The number of hydrogen-bond acceptors (Lipinski definition) is 3. The normalized spacial score (nSPS) is 8.27. The molecule has 1 rings (SSSR count). The second kappa shape index (κ2) is 5.88. The van der Waals surface area contributed by atoms with Crippen molar-refractivity contribution in [3.8, 4) is 0 Å². The van der Waals surface area contributed by atoms with Crippen molar-refractivity contribution >= 4 is 17.9 Å². The van der Waals surface area contributed by atoms with Crippen molar-refractivity contribution in [2.75, 3.05) is 14.2 Å². The first-order valence-corrected chi connectivity index (χ1v) is 3.18. The van der Waals surface area contributed by atoms with Crippen LogP contribution in [0.3, 0.4) is 0 Å². The molecule has 1 heterocycles. The molecule has 1 aromatic rings. The summed E-state index contributed by atoms with van der Waals surface area (Å²) in [6.45, 7) is 0. The Morgan fingerprint density at radius 3 is 2.45 bits per heavy atom. The molecular weight excluding hydrogens is 168 g/mol. The van der Waals surface area contributed by atoms with Crippen LogP contribution < -0.4 is 0 Å². The predicted octanol–water partition coefficient (Wildman–Crippen LogP) is 1.14. The maximum atomic E-state index is 9.92. The number of carbonyl (C=O) groups excluding carboxylic acids is 1. The van der Waals surface area contributed by atoms with E-state index in [2.05, 4.69) is 14.7 Å². The summed E-state index contributed by atoms with van der Waals surface area (Å²) in [5, 5.41) is 0.292. The zero-order chi connectivity index (χ0) is 8.69. The molecule has 0 spiro atoms. The quantitative estimate of drug-likeness (QED) is 0.653. The molecule has 0 saturated carbocycles. The first-order valence-electron chi connectivity index (χ1n) is 2.80. The fourth-order valence-corrected chi connectivity index (χ4v) is 0.513. The molecule has 0 fully saturated rings. The van der Waals surface area contributed by atoms with Gasteiger partial charge in [0.2, 0.25) is 0 Å². The summed E-state index contributed by atoms with van der Waals surface area (Å²) >= 11 is 5.39. The molecule has 0 aliphatic carbocycles. The van der Waals surface area contributed by atoms with Crippen LogP contribution in [0, 0.1) is 0 Å². The van der Waals surface area contributed by atoms with E-state index in [0.29, 0.717) is 11.4 Å². The summed E-state index contributed by atoms with van der Waals surface area (Å²) in [6.07, 6.45) is 1.96. The Hall–Kier alpha value is -0.870. The highest BCUT2D eigenvalue weighted by atomic mass is 35.5. The number of methoxy groups -OCH3 is 1. The molecule has 1 aromatic heterocycles. The van der Waals surface area contributed by atoms with Crippen molar-refractivity contribution in [1.82, 2.24) is 9.97 Å². The number of rotatable bonds is 1. The van der Waals surface area contributed by atoms with Gasteiger partial charge in [0.15, 0.2) is 6.29 Å². The third-order valence-corrected chi connectivity index (χ3v) is 1.03. The lowest BCUT2D eigenvalue weighted by atomic mass is 10.5. The van der Waals surface area contributed by atoms with Crippen molar-refractivity contribution in [3.05, 3.63) is 17.2 Å². The zero-order valence-electron chi connectivity index (χ0n) is 6.30. The average Bonchev–Trinajstić information content (AvgIpc) is 2.36. The summed E-state index contributed by atoms with van der Waals surface area (Å²) < 4.78 is 4.25. The zero-order valence-corrected chi connectivity index (χ0v) is 7.05. The van der Waals surface area contributed by atoms with Crippen molar-refractivity contribution in [2.24, 2.45) is 0 Å². The standard InChI is InChI=1S/C4H3ClN2O.C2H6O/c5-4-3(1-8)6-2-7-4;1-3-2/h1-2H,(H,6,7);1-2H3. The van der Waals surface area contributed by atoms with Crippen molar-refractivity contribution in [3.63, 3.8) is 0 Å². The summed E-state index contributed by atoms with van der Waals surface area (Å²) in [7, 11) is 3.25. The largest absolute Gasteiger partial charge is 0.388 e. The number of nitrogens with zero attached hydrogens (tertiary/aromatic N) is 1. The highest BCUT2D eigenvalue weighted by Gasteiger charge is 1.96. The second-order valence-electron chi connectivity index (χ2n) is 1.63. The van der Waals surface area contributed by atoms with Gasteiger partial charge in [0, 0.05) is 14.2 Å². The van der Waals surface area contributed by atoms with E-state index in [-0.39, 0.29) is 5.69 Å². The Kier molecular flexibility index (Phi) is 5.42. The number of aldehydes is 1. The predicted molar refractivity (Wildman–Crippen MR) is 41.9 cm³/mol. The molecule has 0 aliphatic rings. The van der Waals surface area contributed by atoms with Crippen LogP contribution in [-0.4, -0.2) is 30.5 Å². The third kappa shape index (κ3) is 3.75. The topological polar surface area (TPSA) is 55.0 Å². The first kappa shape index (κ1) is 10.1. The van der Waals surface area contributed by atoms with Crippen LogP contribution in [-0.2, 0) is 4.74 Å². The minimum Gasteiger partial charge on any atom is -0.388 e. The lowest BCUT2D eigenvalue weighted by Crippen LogP contribution is -1.76. The highest BCUT2D eigenvalue weighted by molar-refractivity contribution is 6.31. The lowest BCUT2D eigenvalue weighted by molar-refractivity contribution is 0.111. The van der Waals surface area contributed by atoms with Gasteiger partial charge in [-0.2, -0.15) is 0 Å². The Labute approximate surface area is 69.5 Å². The molecule has 0 unspecified atom stereocenters. The van der Waals surface area contributed by atoms with Crippen molar-refractivity contribution in [1.29, 1.82) is 0 Å². The van der Waals surface area contributed by atoms with Gasteiger partial charge in [-0.1, -0.05) is 11.6 Å². The number of aromatic amines is 1. The monoisotopic (exact) mass is 176 g/mol. The maximum absolute atomic E-state index is 9.92. The summed E-state index contributed by atoms with van der Waals surface area (Å²) in [5.41, 5.74) is 0.256. The van der Waals surface area contributed by atoms with Crippen LogP contribution in [0.2, 0.25) is 5.15 Å². The molecule has 62 valence electrons. The van der Waals surface area contributed by atoms with E-state index in [9.17, 15) is 4.79 Å². The highest BCUT2D eigenvalue weighted by Crippen LogP contribution is 2.04. The second-order valence-corrected chi connectivity index (χ2v) is 2.01. The smallest absolute Gasteiger partial charge is 0.171 e. The Morgan fingerprint density at radius 2 is 2.27 bits per heavy atom. The van der Waals surface area contributed by atoms with E-state index in [4.69, 9.17) is 11.6 Å². The van der Waals surface area contributed by atoms with E-state index in [1.165, 1.54) is 6.33 Å². The van der Waals surface area contributed by atoms with Gasteiger partial charge in [-0.3, -0.25) is 4.79 Å². The number of halogens is 1. The molecule has 1 N–H and O–H groups in total. The van der Waals surface area contributed by atoms with Crippen LogP contribution >= 0.6 is 11.6 Å². The summed E-state index contributed by atoms with van der Waals surface area (Å²) in [4.78, 5) is 16.0. The molecule has 0 bridgehead atoms. The Bertz CT molecular complexity index is 212. The van der Waals surface area contributed by atoms with Gasteiger partial charge in [0.25, 0.3) is 0 Å². The first-order chi connectivity index (χ1) is 5.26. The molecular formula is C6H9ClN2O2. The SMILES string of the molecule is COC.O=Cc1nc[nH]c1Cl. The number of ether oxygens (including phenoxy) is 1. The molecule has 0 radical (unpaired) electrons. The van der Waals surface area contributed by atoms with Gasteiger partial charge >= 0.3 is 0 Å². The molecule has 0 saturated heterocycles. The molecule has 0 amide bonds. The van der Waals surface area contributed by atoms with Crippen molar-refractivity contribution in [2.45, 2.75) is 0 Å². The van der Waals surface area contributed by atoms with Gasteiger partial charge < -0.3 is 9.72 Å². The van der Waals surface area contributed by atoms with E-state index in [1.807, 2.05) is 0 Å². The fourth-order valence-electron chi connectivity index (χ4n) is 0.371. The van der Waals surface area contributed by atoms with Gasteiger partial charge in [0.1, 0.15) is 10.8 Å². The number of aromatic nitrogens is 2. The van der Waals surface area contributed by atoms with Crippen LogP contribution in [0.25, 0.3) is 0 Å². The third-order valence-electron chi connectivity index (χ3n) is 0.731. The number of H-pyrrole nitrogens is 1. The maximum Gasteiger partial charge on any atom is 0.171 e. The minimum atomic E-state index is 0.256. The van der Waals surface area contributed by atoms with Crippen LogP contribution in [0.1, 0.15) is 10.5 Å². The Balaban J connectivity index is 0.000000292. The van der Waals surface area contributed by atoms with E-state index in [1.54, 1.807) is 14.2 Å². The molecule has 0 atom stereocenters. The van der Waals surface area contributed by atoms with Gasteiger partial charge in [-0.05, 0) is 0 Å². The molecule has 4 nitrogen and oxygen atoms in total. The lowest BCUT2D eigenvalue weighted by Gasteiger charge is -1.75. The van der Waals surface area contributed by atoms with Crippen LogP contribution in [0.5, 0.6) is 0 Å². The van der Waals surface area contributed by atoms with E-state index >= 15 is 0 Å². The van der Waals surface area contributed by atoms with E-state index < -0.39 is 0 Å². The molecule has 11 heavy (non-hydrogen) atoms. The van der Waals surface area contributed by atoms with Gasteiger partial charge in [-0.15, -0.1) is 0 Å². The number of imidazole rings is 1. The van der Waals surface area contributed by atoms with Gasteiger partial charge in [-0.25, -0.2) is 4.98 Å². The number of carbonyl (C=O) groups is 1. The van der Waals surface area contributed by atoms with Gasteiger partial charge in [0.05, 0.1) is 6.33 Å². The number of nitrogens with one attached hydrogen (secondary N) is 1.